The highest BCUT2D eigenvalue weighted by Crippen LogP contribution is 2.30. The van der Waals surface area contributed by atoms with Crippen molar-refractivity contribution in [2.75, 3.05) is 45.0 Å². The summed E-state index contributed by atoms with van der Waals surface area (Å²) in [6, 6.07) is 12.1. The number of para-hydroxylation sites is 2. The fourth-order valence-corrected chi connectivity index (χ4v) is 3.76. The molecule has 0 aromatic heterocycles. The average Bonchev–Trinajstić information content (AvgIpc) is 2.71. The second-order valence-electron chi connectivity index (χ2n) is 6.61. The van der Waals surface area contributed by atoms with Crippen LogP contribution < -0.4 is 18.5 Å². The fraction of sp³-hybridized carbons (Fsp3) is 0.381. The highest BCUT2D eigenvalue weighted by atomic mass is 32.2. The van der Waals surface area contributed by atoms with Crippen LogP contribution in [0.3, 0.4) is 0 Å². The van der Waals surface area contributed by atoms with Gasteiger partial charge in [0.1, 0.15) is 12.3 Å². The maximum absolute atomic E-state index is 12.8. The van der Waals surface area contributed by atoms with Crippen LogP contribution in [0.5, 0.6) is 17.2 Å². The maximum Gasteiger partial charge on any atom is 0.243 e. The number of carbonyl (C=O) groups is 1. The number of sulfonamides is 1. The number of benzene rings is 2. The molecule has 0 aliphatic carbocycles. The van der Waals surface area contributed by atoms with Gasteiger partial charge in [0.2, 0.25) is 15.9 Å². The largest absolute Gasteiger partial charge is 0.493 e. The van der Waals surface area contributed by atoms with Gasteiger partial charge in [-0.25, -0.2) is 8.42 Å². The number of nitrogens with zero attached hydrogens (tertiary/aromatic N) is 2. The van der Waals surface area contributed by atoms with Crippen LogP contribution in [-0.2, 0) is 21.4 Å². The van der Waals surface area contributed by atoms with E-state index in [4.69, 9.17) is 14.2 Å². The Hall–Kier alpha value is -2.94. The average molecular weight is 437 g/mol. The minimum atomic E-state index is -3.71. The van der Waals surface area contributed by atoms with Gasteiger partial charge < -0.3 is 19.1 Å². The Morgan fingerprint density at radius 2 is 1.67 bits per heavy atom. The molecule has 0 N–H and O–H groups in total. The van der Waals surface area contributed by atoms with Crippen LogP contribution in [0.1, 0.15) is 12.5 Å². The topological polar surface area (TPSA) is 85.4 Å². The van der Waals surface area contributed by atoms with Crippen molar-refractivity contribution in [3.05, 3.63) is 48.0 Å². The van der Waals surface area contributed by atoms with E-state index < -0.39 is 10.0 Å². The molecule has 0 aliphatic heterocycles. The number of rotatable bonds is 10. The van der Waals surface area contributed by atoms with Gasteiger partial charge in [-0.1, -0.05) is 18.2 Å². The molecule has 9 heteroatoms. The Morgan fingerprint density at radius 3 is 2.27 bits per heavy atom. The van der Waals surface area contributed by atoms with E-state index in [0.717, 1.165) is 16.1 Å². The summed E-state index contributed by atoms with van der Waals surface area (Å²) in [6.07, 6.45) is 1.07. The zero-order valence-electron chi connectivity index (χ0n) is 17.9. The Morgan fingerprint density at radius 1 is 1.00 bits per heavy atom. The highest BCUT2D eigenvalue weighted by molar-refractivity contribution is 7.92. The number of ether oxygens (including phenoxy) is 3. The molecule has 2 rings (SSSR count). The zero-order chi connectivity index (χ0) is 22.3. The fourth-order valence-electron chi connectivity index (χ4n) is 2.91. The molecule has 164 valence electrons. The predicted molar refractivity (Wildman–Crippen MR) is 116 cm³/mol. The maximum atomic E-state index is 12.8. The van der Waals surface area contributed by atoms with Crippen molar-refractivity contribution in [1.82, 2.24) is 4.90 Å². The first-order chi connectivity index (χ1) is 14.2. The van der Waals surface area contributed by atoms with Crippen molar-refractivity contribution >= 4 is 21.6 Å². The first-order valence-corrected chi connectivity index (χ1v) is 11.2. The third-order valence-corrected chi connectivity index (χ3v) is 5.53. The summed E-state index contributed by atoms with van der Waals surface area (Å²) in [5.41, 5.74) is 1.15. The van der Waals surface area contributed by atoms with Crippen LogP contribution in [0.15, 0.2) is 42.5 Å². The van der Waals surface area contributed by atoms with E-state index in [1.54, 1.807) is 50.6 Å². The van der Waals surface area contributed by atoms with Crippen LogP contribution >= 0.6 is 0 Å². The smallest absolute Gasteiger partial charge is 0.243 e. The van der Waals surface area contributed by atoms with Crippen LogP contribution in [0.4, 0.5) is 5.69 Å². The molecule has 0 fully saturated rings. The van der Waals surface area contributed by atoms with E-state index in [9.17, 15) is 13.2 Å². The summed E-state index contributed by atoms with van der Waals surface area (Å²) >= 11 is 0. The molecule has 0 heterocycles. The Kier molecular flexibility index (Phi) is 7.93. The van der Waals surface area contributed by atoms with Crippen LogP contribution in [0, 0.1) is 0 Å². The molecule has 2 aromatic carbocycles. The van der Waals surface area contributed by atoms with Gasteiger partial charge in [-0.15, -0.1) is 0 Å². The van der Waals surface area contributed by atoms with Gasteiger partial charge in [-0.2, -0.15) is 0 Å². The van der Waals surface area contributed by atoms with Gasteiger partial charge in [-0.3, -0.25) is 9.10 Å². The van der Waals surface area contributed by atoms with E-state index in [1.807, 2.05) is 13.0 Å². The molecular weight excluding hydrogens is 408 g/mol. The lowest BCUT2D eigenvalue weighted by Crippen LogP contribution is -2.41. The second-order valence-corrected chi connectivity index (χ2v) is 8.52. The minimum absolute atomic E-state index is 0.282. The van der Waals surface area contributed by atoms with Crippen molar-refractivity contribution in [2.24, 2.45) is 0 Å². The number of amides is 1. The van der Waals surface area contributed by atoms with E-state index in [1.165, 1.54) is 12.0 Å². The number of likely N-dealkylation sites (N-methyl/N-ethyl adjacent to an activating group) is 1. The normalized spacial score (nSPS) is 11.0. The van der Waals surface area contributed by atoms with Gasteiger partial charge in [0.25, 0.3) is 0 Å². The lowest BCUT2D eigenvalue weighted by atomic mass is 10.2. The Bertz CT molecular complexity index is 977. The van der Waals surface area contributed by atoms with Gasteiger partial charge in [0, 0.05) is 13.6 Å². The number of carbonyl (C=O) groups excluding carboxylic acids is 1. The quantitative estimate of drug-likeness (QED) is 0.569. The molecule has 0 saturated carbocycles. The van der Waals surface area contributed by atoms with Gasteiger partial charge >= 0.3 is 0 Å². The molecule has 0 radical (unpaired) electrons. The Labute approximate surface area is 178 Å². The molecule has 0 aliphatic rings. The van der Waals surface area contributed by atoms with Crippen molar-refractivity contribution in [3.63, 3.8) is 0 Å². The SMILES string of the molecule is CCOc1ccccc1N(CC(=O)N(C)Cc1ccc(OC)c(OC)c1)S(C)(=O)=O. The Balaban J connectivity index is 2.22. The zero-order valence-corrected chi connectivity index (χ0v) is 18.7. The summed E-state index contributed by atoms with van der Waals surface area (Å²) in [7, 11) is 0.995. The van der Waals surface area contributed by atoms with Crippen LogP contribution in [0.25, 0.3) is 0 Å². The first-order valence-electron chi connectivity index (χ1n) is 9.35. The summed E-state index contributed by atoms with van der Waals surface area (Å²) in [5.74, 6) is 1.19. The lowest BCUT2D eigenvalue weighted by molar-refractivity contribution is -0.128. The molecule has 30 heavy (non-hydrogen) atoms. The molecule has 0 bridgehead atoms. The van der Waals surface area contributed by atoms with Crippen molar-refractivity contribution < 1.29 is 27.4 Å². The highest BCUT2D eigenvalue weighted by Gasteiger charge is 2.25. The van der Waals surface area contributed by atoms with Gasteiger partial charge in [0.15, 0.2) is 11.5 Å². The van der Waals surface area contributed by atoms with E-state index >= 15 is 0 Å². The second kappa shape index (κ2) is 10.2. The number of anilines is 1. The predicted octanol–water partition coefficient (Wildman–Crippen LogP) is 2.53. The minimum Gasteiger partial charge on any atom is -0.493 e. The molecule has 0 saturated heterocycles. The third-order valence-electron chi connectivity index (χ3n) is 4.41. The standard InChI is InChI=1S/C21H28N2O6S/c1-6-29-18-10-8-7-9-17(18)23(30(5,25)26)15-21(24)22(2)14-16-11-12-19(27-3)20(13-16)28-4/h7-13H,6,14-15H2,1-5H3. The first kappa shape index (κ1) is 23.3. The summed E-state index contributed by atoms with van der Waals surface area (Å²) < 4.78 is 42.0. The van der Waals surface area contributed by atoms with Gasteiger partial charge in [0.05, 0.1) is 32.8 Å². The van der Waals surface area contributed by atoms with Crippen LogP contribution in [0.2, 0.25) is 0 Å². The summed E-state index contributed by atoms with van der Waals surface area (Å²) in [4.78, 5) is 14.3. The number of hydrogen-bond donors (Lipinski definition) is 0. The molecule has 0 atom stereocenters. The molecule has 2 aromatic rings. The lowest BCUT2D eigenvalue weighted by Gasteiger charge is -2.26. The van der Waals surface area contributed by atoms with Crippen molar-refractivity contribution in [1.29, 1.82) is 0 Å². The van der Waals surface area contributed by atoms with Crippen LogP contribution in [-0.4, -0.2) is 59.9 Å². The van der Waals surface area contributed by atoms with E-state index in [0.29, 0.717) is 29.5 Å². The molecule has 0 unspecified atom stereocenters. The monoisotopic (exact) mass is 436 g/mol. The van der Waals surface area contributed by atoms with E-state index in [-0.39, 0.29) is 19.0 Å². The number of methoxy groups -OCH3 is 2. The summed E-state index contributed by atoms with van der Waals surface area (Å²) in [6.45, 7) is 2.13. The van der Waals surface area contributed by atoms with Gasteiger partial charge in [-0.05, 0) is 36.8 Å². The molecule has 1 amide bonds. The van der Waals surface area contributed by atoms with Crippen molar-refractivity contribution in [3.8, 4) is 17.2 Å². The third kappa shape index (κ3) is 5.79. The molecule has 0 spiro atoms. The molecular formula is C21H28N2O6S. The number of hydrogen-bond acceptors (Lipinski definition) is 6. The summed E-state index contributed by atoms with van der Waals surface area (Å²) in [5, 5.41) is 0. The molecule has 8 nitrogen and oxygen atoms in total. The van der Waals surface area contributed by atoms with Crippen molar-refractivity contribution in [2.45, 2.75) is 13.5 Å². The van der Waals surface area contributed by atoms with E-state index in [2.05, 4.69) is 0 Å².